The summed E-state index contributed by atoms with van der Waals surface area (Å²) >= 11 is 3.57. The lowest BCUT2D eigenvalue weighted by Gasteiger charge is -2.22. The van der Waals surface area contributed by atoms with Crippen LogP contribution in [0.3, 0.4) is 0 Å². The van der Waals surface area contributed by atoms with Crippen LogP contribution < -0.4 is 5.01 Å². The van der Waals surface area contributed by atoms with Crippen LogP contribution in [0.4, 0.5) is 5.69 Å². The summed E-state index contributed by atoms with van der Waals surface area (Å²) in [6.45, 7) is 0. The van der Waals surface area contributed by atoms with Crippen molar-refractivity contribution in [2.24, 2.45) is 5.10 Å². The summed E-state index contributed by atoms with van der Waals surface area (Å²) in [5.74, 6) is 0. The van der Waals surface area contributed by atoms with Crippen molar-refractivity contribution in [3.8, 4) is 0 Å². The third-order valence-electron chi connectivity index (χ3n) is 3.61. The van der Waals surface area contributed by atoms with Crippen molar-refractivity contribution in [2.75, 3.05) is 5.01 Å². The average Bonchev–Trinajstić information content (AvgIpc) is 3.27. The molecule has 1 aliphatic rings. The molecule has 1 aromatic carbocycles. The van der Waals surface area contributed by atoms with Gasteiger partial charge in [-0.05, 0) is 35.0 Å². The van der Waals surface area contributed by atoms with Crippen LogP contribution in [-0.2, 0) is 0 Å². The van der Waals surface area contributed by atoms with E-state index >= 15 is 0 Å². The Morgan fingerprint density at radius 2 is 1.71 bits per heavy atom. The molecule has 0 spiro atoms. The number of anilines is 1. The number of benzene rings is 1. The lowest BCUT2D eigenvalue weighted by Crippen LogP contribution is -2.17. The molecule has 3 aromatic rings. The minimum absolute atomic E-state index is 0.310. The second kappa shape index (κ2) is 5.47. The second-order valence-electron chi connectivity index (χ2n) is 4.94. The van der Waals surface area contributed by atoms with E-state index in [1.54, 1.807) is 22.7 Å². The Morgan fingerprint density at radius 1 is 0.905 bits per heavy atom. The van der Waals surface area contributed by atoms with Crippen LogP contribution >= 0.6 is 22.7 Å². The molecule has 0 amide bonds. The molecular formula is C17H14N2S2. The van der Waals surface area contributed by atoms with Crippen LogP contribution in [0.5, 0.6) is 0 Å². The smallest absolute Gasteiger partial charge is 0.0923 e. The Morgan fingerprint density at radius 3 is 2.43 bits per heavy atom. The summed E-state index contributed by atoms with van der Waals surface area (Å²) in [6.07, 6.45) is 0.968. The fourth-order valence-electron chi connectivity index (χ4n) is 2.62. The Kier molecular flexibility index (Phi) is 3.33. The van der Waals surface area contributed by atoms with Crippen LogP contribution in [-0.4, -0.2) is 5.71 Å². The Balaban J connectivity index is 1.75. The minimum atomic E-state index is 0.310. The molecule has 0 saturated carbocycles. The van der Waals surface area contributed by atoms with Gasteiger partial charge in [0.05, 0.1) is 22.3 Å². The van der Waals surface area contributed by atoms with E-state index < -0.39 is 0 Å². The number of para-hydroxylation sites is 1. The van der Waals surface area contributed by atoms with Gasteiger partial charge in [-0.3, -0.25) is 5.01 Å². The molecule has 21 heavy (non-hydrogen) atoms. The van der Waals surface area contributed by atoms with Crippen LogP contribution in [0.15, 0.2) is 70.5 Å². The molecule has 0 aliphatic carbocycles. The zero-order valence-electron chi connectivity index (χ0n) is 11.3. The Bertz CT molecular complexity index is 730. The number of hydrazone groups is 1. The third kappa shape index (κ3) is 2.41. The first-order valence-electron chi connectivity index (χ1n) is 6.91. The quantitative estimate of drug-likeness (QED) is 0.652. The second-order valence-corrected chi connectivity index (χ2v) is 6.87. The van der Waals surface area contributed by atoms with E-state index in [1.165, 1.54) is 15.5 Å². The van der Waals surface area contributed by atoms with E-state index in [1.807, 2.05) is 6.07 Å². The minimum Gasteiger partial charge on any atom is -0.257 e. The highest BCUT2D eigenvalue weighted by Gasteiger charge is 2.30. The van der Waals surface area contributed by atoms with Gasteiger partial charge < -0.3 is 0 Å². The first-order chi connectivity index (χ1) is 10.4. The highest BCUT2D eigenvalue weighted by Crippen LogP contribution is 2.38. The van der Waals surface area contributed by atoms with Crippen molar-refractivity contribution in [3.05, 3.63) is 75.1 Å². The molecule has 0 fully saturated rings. The molecule has 0 radical (unpaired) electrons. The number of hydrogen-bond donors (Lipinski definition) is 0. The van der Waals surface area contributed by atoms with Crippen LogP contribution in [0, 0.1) is 0 Å². The summed E-state index contributed by atoms with van der Waals surface area (Å²) in [7, 11) is 0. The molecule has 0 saturated heterocycles. The van der Waals surface area contributed by atoms with E-state index in [-0.39, 0.29) is 0 Å². The van der Waals surface area contributed by atoms with E-state index in [0.717, 1.165) is 12.1 Å². The summed E-state index contributed by atoms with van der Waals surface area (Å²) in [5.41, 5.74) is 2.34. The number of hydrogen-bond acceptors (Lipinski definition) is 4. The van der Waals surface area contributed by atoms with Gasteiger partial charge in [-0.2, -0.15) is 5.10 Å². The predicted octanol–water partition coefficient (Wildman–Crippen LogP) is 5.17. The lowest BCUT2D eigenvalue weighted by atomic mass is 10.1. The molecule has 4 heteroatoms. The number of rotatable bonds is 3. The van der Waals surface area contributed by atoms with Gasteiger partial charge in [0, 0.05) is 11.3 Å². The first kappa shape index (κ1) is 12.8. The standard InChI is InChI=1S/C17H14N2S2/c1-2-6-13(7-3-1)19-15(17-9-5-11-21-17)12-14(18-19)16-8-4-10-20-16/h1-11,15H,12H2. The number of nitrogens with zero attached hydrogens (tertiary/aromatic N) is 2. The molecule has 0 N–H and O–H groups in total. The van der Waals surface area contributed by atoms with Crippen molar-refractivity contribution in [3.63, 3.8) is 0 Å². The van der Waals surface area contributed by atoms with Crippen LogP contribution in [0.2, 0.25) is 0 Å². The van der Waals surface area contributed by atoms with Gasteiger partial charge in [0.1, 0.15) is 0 Å². The highest BCUT2D eigenvalue weighted by molar-refractivity contribution is 7.12. The van der Waals surface area contributed by atoms with Gasteiger partial charge in [0.2, 0.25) is 0 Å². The fraction of sp³-hybridized carbons (Fsp3) is 0.118. The van der Waals surface area contributed by atoms with E-state index in [4.69, 9.17) is 5.10 Å². The maximum Gasteiger partial charge on any atom is 0.0923 e. The van der Waals surface area contributed by atoms with Crippen LogP contribution in [0.25, 0.3) is 0 Å². The Labute approximate surface area is 132 Å². The van der Waals surface area contributed by atoms with Crippen molar-refractivity contribution in [1.82, 2.24) is 0 Å². The van der Waals surface area contributed by atoms with Crippen LogP contribution in [0.1, 0.15) is 22.2 Å². The van der Waals surface area contributed by atoms with E-state index in [2.05, 4.69) is 64.3 Å². The maximum absolute atomic E-state index is 4.91. The molecular weight excluding hydrogens is 296 g/mol. The van der Waals surface area contributed by atoms with Gasteiger partial charge >= 0.3 is 0 Å². The zero-order chi connectivity index (χ0) is 14.1. The van der Waals surface area contributed by atoms with Gasteiger partial charge in [0.15, 0.2) is 0 Å². The average molecular weight is 310 g/mol. The lowest BCUT2D eigenvalue weighted by molar-refractivity contribution is 0.722. The molecule has 1 unspecified atom stereocenters. The third-order valence-corrected chi connectivity index (χ3v) is 5.50. The largest absolute Gasteiger partial charge is 0.257 e. The Hall–Kier alpha value is -1.91. The van der Waals surface area contributed by atoms with E-state index in [9.17, 15) is 0 Å². The first-order valence-corrected chi connectivity index (χ1v) is 8.67. The molecule has 4 rings (SSSR count). The highest BCUT2D eigenvalue weighted by atomic mass is 32.1. The molecule has 1 aliphatic heterocycles. The van der Waals surface area contributed by atoms with Gasteiger partial charge in [-0.1, -0.05) is 30.3 Å². The van der Waals surface area contributed by atoms with Crippen molar-refractivity contribution in [1.29, 1.82) is 0 Å². The molecule has 104 valence electrons. The van der Waals surface area contributed by atoms with E-state index in [0.29, 0.717) is 6.04 Å². The maximum atomic E-state index is 4.91. The summed E-state index contributed by atoms with van der Waals surface area (Å²) in [5, 5.41) is 11.3. The molecule has 1 atom stereocenters. The normalized spacial score (nSPS) is 18.0. The summed E-state index contributed by atoms with van der Waals surface area (Å²) in [4.78, 5) is 2.64. The number of thiophene rings is 2. The molecule has 3 heterocycles. The zero-order valence-corrected chi connectivity index (χ0v) is 13.0. The molecule has 0 bridgehead atoms. The summed E-state index contributed by atoms with van der Waals surface area (Å²) < 4.78 is 0. The van der Waals surface area contributed by atoms with Gasteiger partial charge in [0.25, 0.3) is 0 Å². The molecule has 2 nitrogen and oxygen atoms in total. The fourth-order valence-corrected chi connectivity index (χ4v) is 4.16. The monoisotopic (exact) mass is 310 g/mol. The predicted molar refractivity (Wildman–Crippen MR) is 91.5 cm³/mol. The molecule has 2 aromatic heterocycles. The van der Waals surface area contributed by atoms with Crippen molar-refractivity contribution >= 4 is 34.1 Å². The van der Waals surface area contributed by atoms with Crippen molar-refractivity contribution in [2.45, 2.75) is 12.5 Å². The van der Waals surface area contributed by atoms with Gasteiger partial charge in [-0.25, -0.2) is 0 Å². The SMILES string of the molecule is c1ccc(N2N=C(c3cccs3)CC2c2cccs2)cc1. The van der Waals surface area contributed by atoms with Gasteiger partial charge in [-0.15, -0.1) is 22.7 Å². The topological polar surface area (TPSA) is 15.6 Å². The van der Waals surface area contributed by atoms with Crippen molar-refractivity contribution < 1.29 is 0 Å². The summed E-state index contributed by atoms with van der Waals surface area (Å²) in [6, 6.07) is 19.3.